The Kier molecular flexibility index (Phi) is 4.75. The molecule has 1 amide bonds. The van der Waals surface area contributed by atoms with E-state index in [0.29, 0.717) is 24.4 Å². The van der Waals surface area contributed by atoms with Crippen LogP contribution in [-0.4, -0.2) is 38.7 Å². The van der Waals surface area contributed by atoms with Gasteiger partial charge in [-0.1, -0.05) is 11.2 Å². The number of aromatic nitrogens is 3. The summed E-state index contributed by atoms with van der Waals surface area (Å²) in [5, 5.41) is 14.8. The number of pyridine rings is 1. The second-order valence-electron chi connectivity index (χ2n) is 4.00. The number of carbonyl (C=O) groups is 2. The summed E-state index contributed by atoms with van der Waals surface area (Å²) in [6.45, 7) is 0.362. The molecular formula is C13H12N4O4. The third kappa shape index (κ3) is 4.53. The second-order valence-corrected chi connectivity index (χ2v) is 4.00. The molecule has 0 aliphatic carbocycles. The molecule has 0 spiro atoms. The molecule has 2 heterocycles. The number of aliphatic carboxylic acids is 1. The highest BCUT2D eigenvalue weighted by molar-refractivity contribution is 5.92. The number of rotatable bonds is 6. The lowest BCUT2D eigenvalue weighted by molar-refractivity contribution is -0.131. The molecular weight excluding hydrogens is 276 g/mol. The molecule has 0 aromatic carbocycles. The predicted octanol–water partition coefficient (Wildman–Crippen LogP) is 0.535. The number of amides is 1. The Hall–Kier alpha value is -3.03. The normalized spacial score (nSPS) is 10.7. The van der Waals surface area contributed by atoms with Gasteiger partial charge in [-0.2, -0.15) is 4.98 Å². The molecule has 0 bridgehead atoms. The number of nitrogens with zero attached hydrogens (tertiary/aromatic N) is 3. The number of carboxylic acid groups (broad SMARTS) is 1. The Morgan fingerprint density at radius 3 is 2.81 bits per heavy atom. The standard InChI is InChI=1S/C13H12N4O4/c18-12(19)4-2-9-1-3-10(15-7-9)13(20)14-6-5-11-16-8-21-17-11/h1-4,7-8H,5-6H2,(H,14,20)(H,18,19)/b4-2+. The Labute approximate surface area is 119 Å². The zero-order valence-electron chi connectivity index (χ0n) is 10.9. The van der Waals surface area contributed by atoms with Crippen molar-refractivity contribution in [2.24, 2.45) is 0 Å². The molecule has 108 valence electrons. The van der Waals surface area contributed by atoms with Crippen molar-refractivity contribution in [3.05, 3.63) is 47.9 Å². The quantitative estimate of drug-likeness (QED) is 0.744. The third-order valence-electron chi connectivity index (χ3n) is 2.48. The van der Waals surface area contributed by atoms with Crippen LogP contribution in [0.5, 0.6) is 0 Å². The Morgan fingerprint density at radius 2 is 2.19 bits per heavy atom. The summed E-state index contributed by atoms with van der Waals surface area (Å²) in [4.78, 5) is 30.0. The van der Waals surface area contributed by atoms with E-state index >= 15 is 0 Å². The minimum atomic E-state index is -1.04. The molecule has 2 N–H and O–H groups in total. The fourth-order valence-corrected chi connectivity index (χ4v) is 1.49. The molecule has 2 aromatic heterocycles. The zero-order chi connectivity index (χ0) is 15.1. The van der Waals surface area contributed by atoms with Gasteiger partial charge in [-0.3, -0.25) is 9.78 Å². The van der Waals surface area contributed by atoms with Crippen molar-refractivity contribution < 1.29 is 19.2 Å². The minimum absolute atomic E-state index is 0.246. The first kappa shape index (κ1) is 14.4. The van der Waals surface area contributed by atoms with Crippen LogP contribution in [0, 0.1) is 0 Å². The van der Waals surface area contributed by atoms with Crippen LogP contribution in [0.15, 0.2) is 35.3 Å². The summed E-state index contributed by atoms with van der Waals surface area (Å²) in [5.41, 5.74) is 0.844. The van der Waals surface area contributed by atoms with Crippen LogP contribution >= 0.6 is 0 Å². The summed E-state index contributed by atoms with van der Waals surface area (Å²) in [5.74, 6) is -0.858. The van der Waals surface area contributed by atoms with Crippen LogP contribution in [0.4, 0.5) is 0 Å². The van der Waals surface area contributed by atoms with Crippen LogP contribution in [0.3, 0.4) is 0 Å². The molecule has 0 unspecified atom stereocenters. The molecule has 21 heavy (non-hydrogen) atoms. The van der Waals surface area contributed by atoms with Crippen LogP contribution in [0.1, 0.15) is 21.9 Å². The summed E-state index contributed by atoms with van der Waals surface area (Å²) in [6.07, 6.45) is 5.51. The highest BCUT2D eigenvalue weighted by Gasteiger charge is 2.07. The van der Waals surface area contributed by atoms with E-state index in [-0.39, 0.29) is 11.6 Å². The van der Waals surface area contributed by atoms with Crippen LogP contribution < -0.4 is 5.32 Å². The van der Waals surface area contributed by atoms with Gasteiger partial charge in [0.1, 0.15) is 5.69 Å². The van der Waals surface area contributed by atoms with Crippen molar-refractivity contribution in [2.45, 2.75) is 6.42 Å². The lowest BCUT2D eigenvalue weighted by atomic mass is 10.2. The molecule has 8 heteroatoms. The van der Waals surface area contributed by atoms with E-state index in [2.05, 4.69) is 25.0 Å². The van der Waals surface area contributed by atoms with Gasteiger partial charge in [0.2, 0.25) is 6.39 Å². The molecule has 0 saturated carbocycles. The summed E-state index contributed by atoms with van der Waals surface area (Å²) in [6, 6.07) is 3.13. The van der Waals surface area contributed by atoms with Crippen molar-refractivity contribution in [2.75, 3.05) is 6.54 Å². The highest BCUT2D eigenvalue weighted by atomic mass is 16.5. The van der Waals surface area contributed by atoms with E-state index in [0.717, 1.165) is 6.08 Å². The molecule has 0 aliphatic heterocycles. The molecule has 2 aromatic rings. The number of carboxylic acids is 1. The van der Waals surface area contributed by atoms with Gasteiger partial charge in [0, 0.05) is 25.2 Å². The van der Waals surface area contributed by atoms with Crippen molar-refractivity contribution in [1.29, 1.82) is 0 Å². The SMILES string of the molecule is O=C(O)/C=C/c1ccc(C(=O)NCCc2ncon2)nc1. The van der Waals surface area contributed by atoms with Crippen molar-refractivity contribution in [1.82, 2.24) is 20.4 Å². The fourth-order valence-electron chi connectivity index (χ4n) is 1.49. The Morgan fingerprint density at radius 1 is 1.33 bits per heavy atom. The van der Waals surface area contributed by atoms with Crippen LogP contribution in [0.2, 0.25) is 0 Å². The minimum Gasteiger partial charge on any atom is -0.478 e. The molecule has 0 saturated heterocycles. The zero-order valence-corrected chi connectivity index (χ0v) is 10.9. The maximum atomic E-state index is 11.8. The van der Waals surface area contributed by atoms with Gasteiger partial charge in [0.05, 0.1) is 0 Å². The molecule has 0 aliphatic rings. The van der Waals surface area contributed by atoms with Gasteiger partial charge in [-0.15, -0.1) is 0 Å². The monoisotopic (exact) mass is 288 g/mol. The number of nitrogens with one attached hydrogen (secondary N) is 1. The van der Waals surface area contributed by atoms with E-state index in [9.17, 15) is 9.59 Å². The molecule has 0 radical (unpaired) electrons. The lowest BCUT2D eigenvalue weighted by Gasteiger charge is -2.03. The molecule has 0 fully saturated rings. The topological polar surface area (TPSA) is 118 Å². The third-order valence-corrected chi connectivity index (χ3v) is 2.48. The van der Waals surface area contributed by atoms with Gasteiger partial charge in [-0.25, -0.2) is 4.79 Å². The van der Waals surface area contributed by atoms with Gasteiger partial charge < -0.3 is 14.9 Å². The average Bonchev–Trinajstić information content (AvgIpc) is 2.99. The first-order chi connectivity index (χ1) is 10.1. The number of hydrogen-bond acceptors (Lipinski definition) is 6. The van der Waals surface area contributed by atoms with E-state index in [1.807, 2.05) is 0 Å². The van der Waals surface area contributed by atoms with Gasteiger partial charge >= 0.3 is 5.97 Å². The van der Waals surface area contributed by atoms with Crippen molar-refractivity contribution >= 4 is 18.0 Å². The summed E-state index contributed by atoms with van der Waals surface area (Å²) in [7, 11) is 0. The fraction of sp³-hybridized carbons (Fsp3) is 0.154. The van der Waals surface area contributed by atoms with E-state index in [4.69, 9.17) is 5.11 Å². The van der Waals surface area contributed by atoms with E-state index < -0.39 is 5.97 Å². The maximum absolute atomic E-state index is 11.8. The van der Waals surface area contributed by atoms with Crippen molar-refractivity contribution in [3.63, 3.8) is 0 Å². The average molecular weight is 288 g/mol. The van der Waals surface area contributed by atoms with E-state index in [1.165, 1.54) is 24.7 Å². The molecule has 8 nitrogen and oxygen atoms in total. The lowest BCUT2D eigenvalue weighted by Crippen LogP contribution is -2.26. The second kappa shape index (κ2) is 6.94. The Balaban J connectivity index is 1.86. The smallest absolute Gasteiger partial charge is 0.328 e. The Bertz CT molecular complexity index is 635. The first-order valence-corrected chi connectivity index (χ1v) is 6.05. The van der Waals surface area contributed by atoms with Gasteiger partial charge in [0.15, 0.2) is 5.82 Å². The van der Waals surface area contributed by atoms with E-state index in [1.54, 1.807) is 6.07 Å². The summed E-state index contributed by atoms with van der Waals surface area (Å²) < 4.78 is 4.58. The van der Waals surface area contributed by atoms with Crippen LogP contribution in [-0.2, 0) is 11.2 Å². The molecule has 2 rings (SSSR count). The van der Waals surface area contributed by atoms with Gasteiger partial charge in [0.25, 0.3) is 5.91 Å². The number of carbonyl (C=O) groups excluding carboxylic acids is 1. The predicted molar refractivity (Wildman–Crippen MR) is 71.2 cm³/mol. The van der Waals surface area contributed by atoms with Crippen molar-refractivity contribution in [3.8, 4) is 0 Å². The van der Waals surface area contributed by atoms with Gasteiger partial charge in [-0.05, 0) is 17.7 Å². The largest absolute Gasteiger partial charge is 0.478 e. The van der Waals surface area contributed by atoms with Crippen LogP contribution in [0.25, 0.3) is 6.08 Å². The molecule has 0 atom stereocenters. The first-order valence-electron chi connectivity index (χ1n) is 6.05. The highest BCUT2D eigenvalue weighted by Crippen LogP contribution is 2.02. The number of hydrogen-bond donors (Lipinski definition) is 2. The summed E-state index contributed by atoms with van der Waals surface area (Å²) >= 11 is 0. The maximum Gasteiger partial charge on any atom is 0.328 e.